The van der Waals surface area contributed by atoms with Gasteiger partial charge < -0.3 is 9.72 Å². The molecule has 5 nitrogen and oxygen atoms in total. The van der Waals surface area contributed by atoms with Crippen molar-refractivity contribution in [1.82, 2.24) is 9.29 Å². The van der Waals surface area contributed by atoms with Crippen molar-refractivity contribution < 1.29 is 13.2 Å². The van der Waals surface area contributed by atoms with E-state index in [0.717, 1.165) is 22.2 Å². The maximum absolute atomic E-state index is 13.1. The zero-order valence-electron chi connectivity index (χ0n) is 15.0. The fraction of sp³-hybridized carbons (Fsp3) is 0.300. The molecule has 0 saturated heterocycles. The lowest BCUT2D eigenvalue weighted by Gasteiger charge is -2.26. The Morgan fingerprint density at radius 3 is 2.65 bits per heavy atom. The summed E-state index contributed by atoms with van der Waals surface area (Å²) >= 11 is 0. The van der Waals surface area contributed by atoms with Crippen LogP contribution in [0.2, 0.25) is 0 Å². The molecule has 136 valence electrons. The Labute approximate surface area is 153 Å². The van der Waals surface area contributed by atoms with Crippen LogP contribution in [-0.2, 0) is 23.0 Å². The standard InChI is InChI=1S/C20H22N2O3S/c1-3-25-15-5-7-16(8-6-15)26(23,24)22-11-10-20-18(13-22)17-12-14(2)4-9-19(17)21-20/h4-9,12,21H,3,10-11,13H2,1-2H3. The van der Waals surface area contributed by atoms with Crippen LogP contribution >= 0.6 is 0 Å². The Morgan fingerprint density at radius 1 is 1.15 bits per heavy atom. The number of fused-ring (bicyclic) bond motifs is 3. The van der Waals surface area contributed by atoms with E-state index in [1.807, 2.05) is 6.92 Å². The Balaban J connectivity index is 1.67. The minimum atomic E-state index is -3.53. The van der Waals surface area contributed by atoms with Crippen LogP contribution < -0.4 is 4.74 Å². The Bertz CT molecular complexity index is 1050. The molecule has 1 aromatic heterocycles. The highest BCUT2D eigenvalue weighted by Gasteiger charge is 2.30. The number of rotatable bonds is 4. The Kier molecular flexibility index (Phi) is 4.25. The number of benzene rings is 2. The molecule has 2 heterocycles. The van der Waals surface area contributed by atoms with E-state index in [2.05, 4.69) is 30.1 Å². The molecule has 4 rings (SSSR count). The first-order valence-corrected chi connectivity index (χ1v) is 10.3. The van der Waals surface area contributed by atoms with Crippen molar-refractivity contribution in [3.8, 4) is 5.75 Å². The third-order valence-electron chi connectivity index (χ3n) is 4.87. The van der Waals surface area contributed by atoms with Crippen molar-refractivity contribution in [3.63, 3.8) is 0 Å². The van der Waals surface area contributed by atoms with Crippen LogP contribution in [0.15, 0.2) is 47.4 Å². The largest absolute Gasteiger partial charge is 0.494 e. The van der Waals surface area contributed by atoms with E-state index in [4.69, 9.17) is 4.74 Å². The number of aromatic amines is 1. The first-order valence-electron chi connectivity index (χ1n) is 8.82. The molecule has 0 radical (unpaired) electrons. The molecule has 0 unspecified atom stereocenters. The minimum Gasteiger partial charge on any atom is -0.494 e. The molecule has 0 aliphatic carbocycles. The van der Waals surface area contributed by atoms with Gasteiger partial charge in [0.25, 0.3) is 0 Å². The second kappa shape index (κ2) is 6.45. The molecular formula is C20H22N2O3S. The van der Waals surface area contributed by atoms with E-state index in [-0.39, 0.29) is 0 Å². The number of nitrogens with one attached hydrogen (secondary N) is 1. The molecule has 1 aliphatic heterocycles. The first kappa shape index (κ1) is 17.1. The summed E-state index contributed by atoms with van der Waals surface area (Å²) in [5.41, 5.74) is 4.47. The second-order valence-electron chi connectivity index (χ2n) is 6.62. The van der Waals surface area contributed by atoms with Gasteiger partial charge in [-0.15, -0.1) is 0 Å². The van der Waals surface area contributed by atoms with Crippen molar-refractivity contribution in [1.29, 1.82) is 0 Å². The number of H-pyrrole nitrogens is 1. The van der Waals surface area contributed by atoms with Gasteiger partial charge in [-0.1, -0.05) is 11.6 Å². The van der Waals surface area contributed by atoms with Gasteiger partial charge in [0.15, 0.2) is 0 Å². The predicted octanol–water partition coefficient (Wildman–Crippen LogP) is 3.62. The van der Waals surface area contributed by atoms with E-state index in [1.54, 1.807) is 28.6 Å². The van der Waals surface area contributed by atoms with Crippen molar-refractivity contribution in [3.05, 3.63) is 59.3 Å². The smallest absolute Gasteiger partial charge is 0.243 e. The Hall–Kier alpha value is -2.31. The van der Waals surface area contributed by atoms with Crippen molar-refractivity contribution in [2.45, 2.75) is 31.7 Å². The number of sulfonamides is 1. The van der Waals surface area contributed by atoms with Crippen LogP contribution in [0.3, 0.4) is 0 Å². The summed E-state index contributed by atoms with van der Waals surface area (Å²) in [5, 5.41) is 1.12. The summed E-state index contributed by atoms with van der Waals surface area (Å²) in [6, 6.07) is 12.9. The van der Waals surface area contributed by atoms with Crippen molar-refractivity contribution >= 4 is 20.9 Å². The summed E-state index contributed by atoms with van der Waals surface area (Å²) in [6.07, 6.45) is 0.694. The fourth-order valence-corrected chi connectivity index (χ4v) is 4.94. The SMILES string of the molecule is CCOc1ccc(S(=O)(=O)N2CCc3[nH]c4ccc(C)cc4c3C2)cc1. The van der Waals surface area contributed by atoms with Gasteiger partial charge in [0.1, 0.15) is 5.75 Å². The lowest BCUT2D eigenvalue weighted by molar-refractivity contribution is 0.340. The zero-order valence-corrected chi connectivity index (χ0v) is 15.8. The number of hydrogen-bond donors (Lipinski definition) is 1. The molecule has 0 saturated carbocycles. The van der Waals surface area contributed by atoms with Gasteiger partial charge in [-0.3, -0.25) is 0 Å². The summed E-state index contributed by atoms with van der Waals surface area (Å²) in [7, 11) is -3.53. The highest BCUT2D eigenvalue weighted by Crippen LogP contribution is 2.31. The summed E-state index contributed by atoms with van der Waals surface area (Å²) in [5.74, 6) is 0.680. The van der Waals surface area contributed by atoms with Crippen molar-refractivity contribution in [2.24, 2.45) is 0 Å². The monoisotopic (exact) mass is 370 g/mol. The first-order chi connectivity index (χ1) is 12.5. The number of ether oxygens (including phenoxy) is 1. The molecule has 1 aliphatic rings. The molecule has 0 spiro atoms. The molecule has 0 amide bonds. The summed E-state index contributed by atoms with van der Waals surface area (Å²) in [6.45, 7) is 5.39. The minimum absolute atomic E-state index is 0.306. The molecule has 0 atom stereocenters. The third kappa shape index (κ3) is 2.89. The van der Waals surface area contributed by atoms with Crippen LogP contribution in [0, 0.1) is 6.92 Å². The van der Waals surface area contributed by atoms with Crippen LogP contribution in [0.4, 0.5) is 0 Å². The maximum atomic E-state index is 13.1. The molecule has 2 aromatic carbocycles. The zero-order chi connectivity index (χ0) is 18.3. The number of aryl methyl sites for hydroxylation is 1. The molecular weight excluding hydrogens is 348 g/mol. The van der Waals surface area contributed by atoms with E-state index >= 15 is 0 Å². The molecule has 26 heavy (non-hydrogen) atoms. The Morgan fingerprint density at radius 2 is 1.92 bits per heavy atom. The van der Waals surface area contributed by atoms with Gasteiger partial charge in [0, 0.05) is 36.1 Å². The van der Waals surface area contributed by atoms with Crippen LogP contribution in [-0.4, -0.2) is 30.9 Å². The normalized spacial score (nSPS) is 15.2. The highest BCUT2D eigenvalue weighted by atomic mass is 32.2. The van der Waals surface area contributed by atoms with Gasteiger partial charge in [-0.25, -0.2) is 8.42 Å². The van der Waals surface area contributed by atoms with Crippen LogP contribution in [0.25, 0.3) is 10.9 Å². The summed E-state index contributed by atoms with van der Waals surface area (Å²) in [4.78, 5) is 3.74. The topological polar surface area (TPSA) is 62.4 Å². The fourth-order valence-electron chi connectivity index (χ4n) is 3.53. The van der Waals surface area contributed by atoms with Crippen LogP contribution in [0.1, 0.15) is 23.7 Å². The quantitative estimate of drug-likeness (QED) is 0.763. The van der Waals surface area contributed by atoms with Gasteiger partial charge in [0.05, 0.1) is 11.5 Å². The van der Waals surface area contributed by atoms with E-state index in [9.17, 15) is 8.42 Å². The van der Waals surface area contributed by atoms with E-state index in [0.29, 0.717) is 36.8 Å². The number of nitrogens with zero attached hydrogens (tertiary/aromatic N) is 1. The van der Waals surface area contributed by atoms with E-state index in [1.165, 1.54) is 5.56 Å². The average molecular weight is 370 g/mol. The lowest BCUT2D eigenvalue weighted by atomic mass is 10.0. The number of hydrogen-bond acceptors (Lipinski definition) is 3. The second-order valence-corrected chi connectivity index (χ2v) is 8.56. The molecule has 0 bridgehead atoms. The maximum Gasteiger partial charge on any atom is 0.243 e. The molecule has 3 aromatic rings. The molecule has 1 N–H and O–H groups in total. The molecule has 6 heteroatoms. The summed E-state index contributed by atoms with van der Waals surface area (Å²) < 4.78 is 33.1. The van der Waals surface area contributed by atoms with Crippen molar-refractivity contribution in [2.75, 3.05) is 13.2 Å². The average Bonchev–Trinajstić information content (AvgIpc) is 2.99. The van der Waals surface area contributed by atoms with Gasteiger partial charge in [0.2, 0.25) is 10.0 Å². The lowest BCUT2D eigenvalue weighted by Crippen LogP contribution is -2.35. The highest BCUT2D eigenvalue weighted by molar-refractivity contribution is 7.89. The number of aromatic nitrogens is 1. The van der Waals surface area contributed by atoms with Gasteiger partial charge >= 0.3 is 0 Å². The van der Waals surface area contributed by atoms with Gasteiger partial charge in [-0.05, 0) is 55.8 Å². The predicted molar refractivity (Wildman–Crippen MR) is 102 cm³/mol. The third-order valence-corrected chi connectivity index (χ3v) is 6.73. The molecule has 0 fully saturated rings. The van der Waals surface area contributed by atoms with Crippen LogP contribution in [0.5, 0.6) is 5.75 Å². The van der Waals surface area contributed by atoms with Gasteiger partial charge in [-0.2, -0.15) is 4.31 Å². The van der Waals surface area contributed by atoms with E-state index < -0.39 is 10.0 Å².